The Kier molecular flexibility index (Phi) is 4.37. The van der Waals surface area contributed by atoms with Gasteiger partial charge in [0.25, 0.3) is 5.69 Å². The van der Waals surface area contributed by atoms with Gasteiger partial charge < -0.3 is 9.80 Å². The van der Waals surface area contributed by atoms with Crippen molar-refractivity contribution in [2.75, 3.05) is 36.0 Å². The van der Waals surface area contributed by atoms with Crippen molar-refractivity contribution in [1.82, 2.24) is 9.97 Å². The van der Waals surface area contributed by atoms with Crippen LogP contribution in [0.1, 0.15) is 4.88 Å². The smallest absolute Gasteiger partial charge is 0.271 e. The number of nitro benzene ring substituents is 1. The van der Waals surface area contributed by atoms with E-state index in [-0.39, 0.29) is 5.69 Å². The predicted octanol–water partition coefficient (Wildman–Crippen LogP) is 3.89. The Morgan fingerprint density at radius 1 is 1.15 bits per heavy atom. The molecule has 0 atom stereocenters. The monoisotopic (exact) mass is 389 g/mol. The molecule has 4 rings (SSSR count). The Morgan fingerprint density at radius 2 is 1.88 bits per heavy atom. The van der Waals surface area contributed by atoms with Gasteiger partial charge in [-0.2, -0.15) is 0 Å². The first-order valence-electron chi connectivity index (χ1n) is 8.18. The van der Waals surface area contributed by atoms with Crippen LogP contribution in [0.2, 0.25) is 5.02 Å². The van der Waals surface area contributed by atoms with Crippen molar-refractivity contribution < 1.29 is 4.92 Å². The molecule has 1 aliphatic rings. The number of anilines is 2. The fraction of sp³-hybridized carbons (Fsp3) is 0.294. The lowest BCUT2D eigenvalue weighted by Gasteiger charge is -2.37. The van der Waals surface area contributed by atoms with E-state index in [1.54, 1.807) is 23.7 Å². The summed E-state index contributed by atoms with van der Waals surface area (Å²) in [7, 11) is 0. The minimum Gasteiger partial charge on any atom is -0.367 e. The standard InChI is InChI=1S/C17H16ClN5O2S/c1-11-8-13-16(19-10-20-17(13)26-11)22-6-4-21(5-7-22)15-3-2-12(23(24)25)9-14(15)18/h2-3,8-10H,4-7H2,1H3. The molecule has 0 saturated carbocycles. The molecule has 26 heavy (non-hydrogen) atoms. The Morgan fingerprint density at radius 3 is 2.58 bits per heavy atom. The van der Waals surface area contributed by atoms with Gasteiger partial charge in [0.1, 0.15) is 17.0 Å². The van der Waals surface area contributed by atoms with Crippen LogP contribution in [0.25, 0.3) is 10.2 Å². The molecule has 3 heterocycles. The summed E-state index contributed by atoms with van der Waals surface area (Å²) in [4.78, 5) is 25.9. The predicted molar refractivity (Wildman–Crippen MR) is 105 cm³/mol. The number of halogens is 1. The molecule has 0 spiro atoms. The molecule has 134 valence electrons. The van der Waals surface area contributed by atoms with Crippen LogP contribution in [0.5, 0.6) is 0 Å². The molecular formula is C17H16ClN5O2S. The molecule has 1 aromatic carbocycles. The van der Waals surface area contributed by atoms with Crippen molar-refractivity contribution in [1.29, 1.82) is 0 Å². The molecule has 0 radical (unpaired) electrons. The van der Waals surface area contributed by atoms with Crippen LogP contribution in [0.15, 0.2) is 30.6 Å². The van der Waals surface area contributed by atoms with Gasteiger partial charge in [0.15, 0.2) is 0 Å². The van der Waals surface area contributed by atoms with E-state index in [2.05, 4.69) is 32.8 Å². The summed E-state index contributed by atoms with van der Waals surface area (Å²) in [6.45, 7) is 5.21. The fourth-order valence-electron chi connectivity index (χ4n) is 3.24. The maximum absolute atomic E-state index is 10.9. The van der Waals surface area contributed by atoms with Gasteiger partial charge in [0.05, 0.1) is 21.0 Å². The molecule has 0 N–H and O–H groups in total. The summed E-state index contributed by atoms with van der Waals surface area (Å²) in [6, 6.07) is 6.76. The Hall–Kier alpha value is -2.45. The molecule has 3 aromatic rings. The van der Waals surface area contributed by atoms with Crippen LogP contribution in [-0.4, -0.2) is 41.1 Å². The van der Waals surface area contributed by atoms with Gasteiger partial charge in [-0.15, -0.1) is 11.3 Å². The zero-order valence-corrected chi connectivity index (χ0v) is 15.6. The Balaban J connectivity index is 1.53. The van der Waals surface area contributed by atoms with Crippen molar-refractivity contribution >= 4 is 50.3 Å². The van der Waals surface area contributed by atoms with E-state index in [9.17, 15) is 10.1 Å². The second-order valence-corrected chi connectivity index (χ2v) is 7.78. The number of rotatable bonds is 3. The van der Waals surface area contributed by atoms with Crippen LogP contribution >= 0.6 is 22.9 Å². The molecule has 9 heteroatoms. The van der Waals surface area contributed by atoms with Gasteiger partial charge in [-0.1, -0.05) is 11.6 Å². The third-order valence-electron chi connectivity index (χ3n) is 4.49. The summed E-state index contributed by atoms with van der Waals surface area (Å²) in [5.41, 5.74) is 0.838. The molecular weight excluding hydrogens is 374 g/mol. The van der Waals surface area contributed by atoms with Crippen molar-refractivity contribution in [3.63, 3.8) is 0 Å². The first kappa shape index (κ1) is 17.0. The number of aromatic nitrogens is 2. The number of non-ortho nitro benzene ring substituents is 1. The van der Waals surface area contributed by atoms with E-state index in [0.29, 0.717) is 5.02 Å². The summed E-state index contributed by atoms with van der Waals surface area (Å²) in [5.74, 6) is 0.966. The topological polar surface area (TPSA) is 75.4 Å². The van der Waals surface area contributed by atoms with E-state index in [4.69, 9.17) is 11.6 Å². The van der Waals surface area contributed by atoms with E-state index in [1.165, 1.54) is 17.0 Å². The zero-order valence-electron chi connectivity index (χ0n) is 14.1. The highest BCUT2D eigenvalue weighted by molar-refractivity contribution is 7.18. The summed E-state index contributed by atoms with van der Waals surface area (Å²) in [5, 5.41) is 12.4. The molecule has 0 aliphatic carbocycles. The lowest BCUT2D eigenvalue weighted by Crippen LogP contribution is -2.47. The van der Waals surface area contributed by atoms with E-state index in [0.717, 1.165) is 47.9 Å². The molecule has 1 fully saturated rings. The zero-order chi connectivity index (χ0) is 18.3. The van der Waals surface area contributed by atoms with E-state index < -0.39 is 4.92 Å². The molecule has 1 aliphatic heterocycles. The largest absolute Gasteiger partial charge is 0.367 e. The number of nitrogens with zero attached hydrogens (tertiary/aromatic N) is 5. The van der Waals surface area contributed by atoms with Crippen molar-refractivity contribution in [2.24, 2.45) is 0 Å². The average Bonchev–Trinajstić information content (AvgIpc) is 3.02. The first-order chi connectivity index (χ1) is 12.5. The van der Waals surface area contributed by atoms with Crippen LogP contribution in [0.4, 0.5) is 17.2 Å². The van der Waals surface area contributed by atoms with Crippen LogP contribution in [0, 0.1) is 17.0 Å². The number of aryl methyl sites for hydroxylation is 1. The lowest BCUT2D eigenvalue weighted by atomic mass is 10.2. The quantitative estimate of drug-likeness (QED) is 0.499. The SMILES string of the molecule is Cc1cc2c(N3CCN(c4ccc([N+](=O)[O-])cc4Cl)CC3)ncnc2s1. The highest BCUT2D eigenvalue weighted by Crippen LogP contribution is 2.33. The highest BCUT2D eigenvalue weighted by atomic mass is 35.5. The number of thiophene rings is 1. The number of benzene rings is 1. The second-order valence-electron chi connectivity index (χ2n) is 6.14. The number of fused-ring (bicyclic) bond motifs is 1. The van der Waals surface area contributed by atoms with Crippen molar-refractivity contribution in [2.45, 2.75) is 6.92 Å². The van der Waals surface area contributed by atoms with Crippen LogP contribution in [0.3, 0.4) is 0 Å². The molecule has 2 aromatic heterocycles. The maximum atomic E-state index is 10.9. The molecule has 0 bridgehead atoms. The van der Waals surface area contributed by atoms with Gasteiger partial charge in [0.2, 0.25) is 0 Å². The molecule has 1 saturated heterocycles. The Labute approximate surface area is 159 Å². The normalized spacial score (nSPS) is 14.8. The first-order valence-corrected chi connectivity index (χ1v) is 9.37. The third-order valence-corrected chi connectivity index (χ3v) is 5.75. The minimum absolute atomic E-state index is 0.00795. The van der Waals surface area contributed by atoms with Gasteiger partial charge in [-0.05, 0) is 19.1 Å². The fourth-order valence-corrected chi connectivity index (χ4v) is 4.38. The van der Waals surface area contributed by atoms with Gasteiger partial charge >= 0.3 is 0 Å². The van der Waals surface area contributed by atoms with Gasteiger partial charge in [-0.3, -0.25) is 10.1 Å². The maximum Gasteiger partial charge on any atom is 0.271 e. The highest BCUT2D eigenvalue weighted by Gasteiger charge is 2.23. The number of hydrogen-bond acceptors (Lipinski definition) is 7. The van der Waals surface area contributed by atoms with Gasteiger partial charge in [-0.25, -0.2) is 9.97 Å². The van der Waals surface area contributed by atoms with Crippen molar-refractivity contribution in [3.8, 4) is 0 Å². The number of nitro groups is 1. The van der Waals surface area contributed by atoms with Gasteiger partial charge in [0, 0.05) is 43.2 Å². The number of hydrogen-bond donors (Lipinski definition) is 0. The van der Waals surface area contributed by atoms with Crippen molar-refractivity contribution in [3.05, 3.63) is 50.6 Å². The minimum atomic E-state index is -0.434. The lowest BCUT2D eigenvalue weighted by molar-refractivity contribution is -0.384. The average molecular weight is 390 g/mol. The number of piperazine rings is 1. The van der Waals surface area contributed by atoms with Crippen LogP contribution in [-0.2, 0) is 0 Å². The van der Waals surface area contributed by atoms with E-state index in [1.807, 2.05) is 0 Å². The van der Waals surface area contributed by atoms with E-state index >= 15 is 0 Å². The van der Waals surface area contributed by atoms with Crippen LogP contribution < -0.4 is 9.80 Å². The third kappa shape index (κ3) is 3.06. The summed E-state index contributed by atoms with van der Waals surface area (Å²) >= 11 is 7.93. The second kappa shape index (κ2) is 6.69. The molecule has 7 nitrogen and oxygen atoms in total. The Bertz CT molecular complexity index is 984. The molecule has 0 unspecified atom stereocenters. The summed E-state index contributed by atoms with van der Waals surface area (Å²) < 4.78 is 0. The molecule has 0 amide bonds. The summed E-state index contributed by atoms with van der Waals surface area (Å²) in [6.07, 6.45) is 1.62.